The number of halogens is 6. The number of sulfonamides is 1. The van der Waals surface area contributed by atoms with E-state index >= 15 is 0 Å². The fourth-order valence-corrected chi connectivity index (χ4v) is 4.88. The quantitative estimate of drug-likeness (QED) is 0.330. The van der Waals surface area contributed by atoms with Gasteiger partial charge in [0.05, 0.1) is 21.7 Å². The van der Waals surface area contributed by atoms with Crippen LogP contribution in [0.3, 0.4) is 0 Å². The van der Waals surface area contributed by atoms with Crippen LogP contribution in [0.25, 0.3) is 0 Å². The molecule has 3 rings (SSSR count). The monoisotopic (exact) mass is 560 g/mol. The summed E-state index contributed by atoms with van der Waals surface area (Å²) < 4.78 is 110. The molecule has 3 aromatic rings. The Kier molecular flexibility index (Phi) is 8.30. The number of nitrogens with zero attached hydrogens (tertiary/aromatic N) is 1. The van der Waals surface area contributed by atoms with Crippen LogP contribution in [0.15, 0.2) is 71.6 Å². The van der Waals surface area contributed by atoms with Crippen molar-refractivity contribution in [2.45, 2.75) is 31.1 Å². The smallest absolute Gasteiger partial charge is 0.416 e. The molecule has 0 spiro atoms. The molecule has 0 aliphatic carbocycles. The second-order valence-corrected chi connectivity index (χ2v) is 9.97. The van der Waals surface area contributed by atoms with Crippen LogP contribution in [0.4, 0.5) is 37.7 Å². The molecule has 38 heavy (non-hydrogen) atoms. The van der Waals surface area contributed by atoms with Gasteiger partial charge in [-0.1, -0.05) is 17.7 Å². The standard InChI is InChI=1S/C25H22F6N2O4S/c1-3-33(38(35,36)22-10-4-16(2)5-11-22)20-6-8-21(9-7-20)37-15-23(34)32-19-13-17(24(26,27)28)12-18(14-19)25(29,30)31/h4-14H,3,15H2,1-2H3,(H,32,34). The summed E-state index contributed by atoms with van der Waals surface area (Å²) in [5, 5.41) is 1.97. The largest absolute Gasteiger partial charge is 0.484 e. The van der Waals surface area contributed by atoms with Gasteiger partial charge in [0, 0.05) is 12.2 Å². The van der Waals surface area contributed by atoms with E-state index < -0.39 is 51.7 Å². The summed E-state index contributed by atoms with van der Waals surface area (Å²) in [5.74, 6) is -0.883. The number of benzene rings is 3. The van der Waals surface area contributed by atoms with Gasteiger partial charge >= 0.3 is 12.4 Å². The predicted octanol–water partition coefficient (Wildman–Crippen LogP) is 6.27. The fourth-order valence-electron chi connectivity index (χ4n) is 3.41. The van der Waals surface area contributed by atoms with Crippen LogP contribution in [-0.4, -0.2) is 27.5 Å². The summed E-state index contributed by atoms with van der Waals surface area (Å²) in [6.07, 6.45) is -10.1. The molecule has 0 aromatic heterocycles. The number of hydrogen-bond acceptors (Lipinski definition) is 4. The van der Waals surface area contributed by atoms with Crippen molar-refractivity contribution in [2.75, 3.05) is 22.8 Å². The van der Waals surface area contributed by atoms with Gasteiger partial charge in [0.15, 0.2) is 6.61 Å². The lowest BCUT2D eigenvalue weighted by molar-refractivity contribution is -0.143. The first kappa shape index (κ1) is 28.8. The Morgan fingerprint density at radius 1 is 0.868 bits per heavy atom. The van der Waals surface area contributed by atoms with Crippen LogP contribution in [0.2, 0.25) is 0 Å². The van der Waals surface area contributed by atoms with Crippen molar-refractivity contribution in [1.29, 1.82) is 0 Å². The van der Waals surface area contributed by atoms with Gasteiger partial charge < -0.3 is 10.1 Å². The van der Waals surface area contributed by atoms with E-state index in [1.165, 1.54) is 40.7 Å². The minimum atomic E-state index is -5.06. The van der Waals surface area contributed by atoms with Crippen molar-refractivity contribution >= 4 is 27.3 Å². The molecule has 1 N–H and O–H groups in total. The van der Waals surface area contributed by atoms with E-state index in [0.29, 0.717) is 17.8 Å². The number of anilines is 2. The molecule has 0 radical (unpaired) electrons. The van der Waals surface area contributed by atoms with Crippen LogP contribution in [-0.2, 0) is 27.2 Å². The van der Waals surface area contributed by atoms with E-state index in [0.717, 1.165) is 5.56 Å². The molecule has 6 nitrogen and oxygen atoms in total. The molecule has 0 unspecified atom stereocenters. The zero-order chi connectivity index (χ0) is 28.3. The van der Waals surface area contributed by atoms with Crippen molar-refractivity contribution in [1.82, 2.24) is 0 Å². The minimum Gasteiger partial charge on any atom is -0.484 e. The number of rotatable bonds is 8. The highest BCUT2D eigenvalue weighted by Gasteiger charge is 2.37. The number of carbonyl (C=O) groups is 1. The molecule has 0 bridgehead atoms. The average molecular weight is 561 g/mol. The lowest BCUT2D eigenvalue weighted by Crippen LogP contribution is -2.30. The van der Waals surface area contributed by atoms with Gasteiger partial charge in [-0.25, -0.2) is 8.42 Å². The average Bonchev–Trinajstić information content (AvgIpc) is 2.83. The van der Waals surface area contributed by atoms with E-state index in [2.05, 4.69) is 0 Å². The number of hydrogen-bond donors (Lipinski definition) is 1. The van der Waals surface area contributed by atoms with Gasteiger partial charge in [-0.3, -0.25) is 9.10 Å². The van der Waals surface area contributed by atoms with Crippen LogP contribution < -0.4 is 14.4 Å². The van der Waals surface area contributed by atoms with Crippen molar-refractivity contribution in [3.63, 3.8) is 0 Å². The maximum Gasteiger partial charge on any atom is 0.416 e. The number of aryl methyl sites for hydroxylation is 1. The number of nitrogens with one attached hydrogen (secondary N) is 1. The molecule has 204 valence electrons. The predicted molar refractivity (Wildman–Crippen MR) is 128 cm³/mol. The molecule has 0 aliphatic heterocycles. The topological polar surface area (TPSA) is 75.7 Å². The Hall–Kier alpha value is -3.74. The molecule has 1 amide bonds. The molecule has 0 atom stereocenters. The van der Waals surface area contributed by atoms with Crippen LogP contribution in [0, 0.1) is 6.92 Å². The Bertz CT molecular complexity index is 1360. The minimum absolute atomic E-state index is 0.0493. The first-order valence-electron chi connectivity index (χ1n) is 11.0. The highest BCUT2D eigenvalue weighted by atomic mass is 32.2. The van der Waals surface area contributed by atoms with Crippen molar-refractivity contribution in [3.05, 3.63) is 83.4 Å². The van der Waals surface area contributed by atoms with Gasteiger partial charge in [0.1, 0.15) is 5.75 Å². The molecule has 0 fully saturated rings. The van der Waals surface area contributed by atoms with E-state index in [4.69, 9.17) is 4.74 Å². The Labute approximate surface area is 214 Å². The van der Waals surface area contributed by atoms with Crippen LogP contribution >= 0.6 is 0 Å². The molecule has 0 saturated carbocycles. The van der Waals surface area contributed by atoms with Gasteiger partial charge in [-0.2, -0.15) is 26.3 Å². The first-order chi connectivity index (χ1) is 17.6. The van der Waals surface area contributed by atoms with E-state index in [9.17, 15) is 39.6 Å². The summed E-state index contributed by atoms with van der Waals surface area (Å²) in [5.41, 5.74) is -2.63. The van der Waals surface area contributed by atoms with Crippen molar-refractivity contribution in [2.24, 2.45) is 0 Å². The van der Waals surface area contributed by atoms with Crippen LogP contribution in [0.5, 0.6) is 5.75 Å². The third-order valence-electron chi connectivity index (χ3n) is 5.26. The summed E-state index contributed by atoms with van der Waals surface area (Å²) in [6.45, 7) is 2.87. The molecule has 0 heterocycles. The molecule has 13 heteroatoms. The maximum absolute atomic E-state index is 13.0. The second-order valence-electron chi connectivity index (χ2n) is 8.11. The summed E-state index contributed by atoms with van der Waals surface area (Å²) in [6, 6.07) is 12.7. The Morgan fingerprint density at radius 3 is 1.87 bits per heavy atom. The first-order valence-corrected chi connectivity index (χ1v) is 12.5. The zero-order valence-corrected chi connectivity index (χ0v) is 20.8. The van der Waals surface area contributed by atoms with Gasteiger partial charge in [-0.05, 0) is 68.4 Å². The highest BCUT2D eigenvalue weighted by molar-refractivity contribution is 7.92. The summed E-state index contributed by atoms with van der Waals surface area (Å²) in [7, 11) is -3.85. The van der Waals surface area contributed by atoms with E-state index in [-0.39, 0.29) is 23.3 Å². The van der Waals surface area contributed by atoms with Gasteiger partial charge in [-0.15, -0.1) is 0 Å². The second kappa shape index (κ2) is 10.9. The third kappa shape index (κ3) is 6.97. The number of ether oxygens (including phenoxy) is 1. The number of carbonyl (C=O) groups excluding carboxylic acids is 1. The van der Waals surface area contributed by atoms with Crippen molar-refractivity contribution < 1.29 is 44.3 Å². The normalized spacial score (nSPS) is 12.2. The molecule has 0 saturated heterocycles. The Balaban J connectivity index is 1.70. The SMILES string of the molecule is CCN(c1ccc(OCC(=O)Nc2cc(C(F)(F)F)cc(C(F)(F)F)c2)cc1)S(=O)(=O)c1ccc(C)cc1. The van der Waals surface area contributed by atoms with E-state index in [1.807, 2.05) is 12.2 Å². The Morgan fingerprint density at radius 2 is 1.39 bits per heavy atom. The highest BCUT2D eigenvalue weighted by Crippen LogP contribution is 2.37. The van der Waals surface area contributed by atoms with Crippen LogP contribution in [0.1, 0.15) is 23.6 Å². The summed E-state index contributed by atoms with van der Waals surface area (Å²) >= 11 is 0. The lowest BCUT2D eigenvalue weighted by Gasteiger charge is -2.23. The number of amides is 1. The molecule has 0 aliphatic rings. The maximum atomic E-state index is 13.0. The third-order valence-corrected chi connectivity index (χ3v) is 7.18. The fraction of sp³-hybridized carbons (Fsp3) is 0.240. The lowest BCUT2D eigenvalue weighted by atomic mass is 10.1. The zero-order valence-electron chi connectivity index (χ0n) is 20.0. The number of alkyl halides is 6. The molecular formula is C25H22F6N2O4S. The van der Waals surface area contributed by atoms with E-state index in [1.54, 1.807) is 19.1 Å². The van der Waals surface area contributed by atoms with Crippen molar-refractivity contribution in [3.8, 4) is 5.75 Å². The summed E-state index contributed by atoms with van der Waals surface area (Å²) in [4.78, 5) is 12.3. The molecular weight excluding hydrogens is 538 g/mol. The molecule has 3 aromatic carbocycles. The van der Waals surface area contributed by atoms with Gasteiger partial charge in [0.25, 0.3) is 15.9 Å². The van der Waals surface area contributed by atoms with Gasteiger partial charge in [0.2, 0.25) is 0 Å².